The van der Waals surface area contributed by atoms with Gasteiger partial charge in [-0.15, -0.1) is 13.2 Å². The van der Waals surface area contributed by atoms with Crippen molar-refractivity contribution in [2.75, 3.05) is 17.7 Å². The zero-order valence-electron chi connectivity index (χ0n) is 29.7. The second-order valence-electron chi connectivity index (χ2n) is 12.9. The molecule has 58 heavy (non-hydrogen) atoms. The quantitative estimate of drug-likeness (QED) is 0.0749. The Morgan fingerprint density at radius 2 is 1.16 bits per heavy atom. The molecule has 0 aliphatic heterocycles. The molecule has 0 amide bonds. The number of nitrogens with zero attached hydrogens (tertiary/aromatic N) is 2. The molecule has 17 heteroatoms. The highest BCUT2D eigenvalue weighted by Crippen LogP contribution is 2.41. The van der Waals surface area contributed by atoms with E-state index in [1.807, 2.05) is 0 Å². The van der Waals surface area contributed by atoms with Gasteiger partial charge in [-0.3, -0.25) is 0 Å². The van der Waals surface area contributed by atoms with E-state index in [2.05, 4.69) is 25.3 Å². The Kier molecular flexibility index (Phi) is 10.9. The molecule has 7 rings (SSSR count). The molecule has 1 aliphatic rings. The van der Waals surface area contributed by atoms with Crippen LogP contribution in [-0.2, 0) is 4.74 Å². The number of carbonyl (C=O) groups excluding carboxylic acids is 2. The lowest BCUT2D eigenvalue weighted by atomic mass is 10.0. The van der Waals surface area contributed by atoms with Gasteiger partial charge in [-0.2, -0.15) is 0 Å². The number of aromatic nitrogens is 2. The molecule has 2 N–H and O–H groups in total. The number of rotatable bonds is 11. The smallest absolute Gasteiger partial charge is 0.497 e. The lowest BCUT2D eigenvalue weighted by molar-refractivity contribution is -0.274. The summed E-state index contributed by atoms with van der Waals surface area (Å²) < 4.78 is 114. The van der Waals surface area contributed by atoms with Crippen LogP contribution in [0.15, 0.2) is 97.3 Å². The summed E-state index contributed by atoms with van der Waals surface area (Å²) in [5.41, 5.74) is -1.32. The summed E-state index contributed by atoms with van der Waals surface area (Å²) >= 11 is 6.10. The van der Waals surface area contributed by atoms with Crippen LogP contribution in [0.3, 0.4) is 0 Å². The predicted molar refractivity (Wildman–Crippen MR) is 199 cm³/mol. The molecule has 4 aromatic carbocycles. The van der Waals surface area contributed by atoms with Crippen LogP contribution >= 0.6 is 11.6 Å². The summed E-state index contributed by atoms with van der Waals surface area (Å²) in [6, 6.07) is 17.2. The summed E-state index contributed by atoms with van der Waals surface area (Å²) in [4.78, 5) is 35.3. The maximum atomic E-state index is 15.5. The molecule has 0 bridgehead atoms. The second kappa shape index (κ2) is 16.1. The van der Waals surface area contributed by atoms with Crippen molar-refractivity contribution in [3.8, 4) is 33.8 Å². The summed E-state index contributed by atoms with van der Waals surface area (Å²) in [6.45, 7) is 0. The fraction of sp³-hybridized carbons (Fsp3) is 0.122. The molecule has 9 nitrogen and oxygen atoms in total. The van der Waals surface area contributed by atoms with E-state index >= 15 is 17.6 Å². The Labute approximate surface area is 329 Å². The Bertz CT molecular complexity index is 2540. The first-order chi connectivity index (χ1) is 27.6. The molecule has 2 aromatic heterocycles. The normalized spacial score (nSPS) is 12.5. The SMILES string of the molecule is COc1cccc(-c2cc(F)c(Nc3ncc(Cl)cc3C(=O)OC(=O)c3cc(C4CC4)cnc3Nc3c(F)cc(-c4cccc(OC(F)(F)F)c4)cc3F)c(F)c2)c1. The van der Waals surface area contributed by atoms with Crippen molar-refractivity contribution in [2.24, 2.45) is 0 Å². The van der Waals surface area contributed by atoms with Gasteiger partial charge in [0.25, 0.3) is 0 Å². The minimum atomic E-state index is -5.00. The minimum absolute atomic E-state index is 0.000811. The molecule has 0 radical (unpaired) electrons. The van der Waals surface area contributed by atoms with Gasteiger partial charge in [-0.25, -0.2) is 37.1 Å². The number of benzene rings is 4. The van der Waals surface area contributed by atoms with E-state index in [0.29, 0.717) is 16.9 Å². The van der Waals surface area contributed by atoms with E-state index in [-0.39, 0.29) is 27.6 Å². The van der Waals surface area contributed by atoms with Crippen molar-refractivity contribution in [1.82, 2.24) is 9.97 Å². The van der Waals surface area contributed by atoms with Crippen molar-refractivity contribution >= 4 is 46.6 Å². The Morgan fingerprint density at radius 3 is 1.66 bits per heavy atom. The molecule has 0 atom stereocenters. The number of esters is 2. The van der Waals surface area contributed by atoms with Gasteiger partial charge in [0.1, 0.15) is 68.9 Å². The first-order valence-corrected chi connectivity index (χ1v) is 17.5. The van der Waals surface area contributed by atoms with Crippen molar-refractivity contribution in [3.05, 3.63) is 142 Å². The summed E-state index contributed by atoms with van der Waals surface area (Å²) in [5, 5.41) is 4.74. The summed E-state index contributed by atoms with van der Waals surface area (Å²) in [7, 11) is 1.44. The van der Waals surface area contributed by atoms with E-state index in [4.69, 9.17) is 21.1 Å². The van der Waals surface area contributed by atoms with Gasteiger partial charge in [-0.1, -0.05) is 35.9 Å². The van der Waals surface area contributed by atoms with Crippen molar-refractivity contribution in [1.29, 1.82) is 0 Å². The average Bonchev–Trinajstić information content (AvgIpc) is 4.03. The van der Waals surface area contributed by atoms with Crippen LogP contribution in [0.4, 0.5) is 53.7 Å². The Balaban J connectivity index is 1.15. The number of hydrogen-bond acceptors (Lipinski definition) is 9. The number of nitrogens with one attached hydrogen (secondary N) is 2. The van der Waals surface area contributed by atoms with Gasteiger partial charge in [0.05, 0.1) is 12.1 Å². The first-order valence-electron chi connectivity index (χ1n) is 17.1. The van der Waals surface area contributed by atoms with Gasteiger partial charge in [-0.05, 0) is 107 Å². The third-order valence-electron chi connectivity index (χ3n) is 8.81. The van der Waals surface area contributed by atoms with Crippen molar-refractivity contribution in [3.63, 3.8) is 0 Å². The van der Waals surface area contributed by atoms with E-state index in [1.165, 1.54) is 31.5 Å². The highest BCUT2D eigenvalue weighted by molar-refractivity contribution is 6.31. The van der Waals surface area contributed by atoms with E-state index in [0.717, 1.165) is 61.5 Å². The number of anilines is 4. The summed E-state index contributed by atoms with van der Waals surface area (Å²) in [5.74, 6) is -8.21. The largest absolute Gasteiger partial charge is 0.573 e. The van der Waals surface area contributed by atoms with E-state index in [9.17, 15) is 22.8 Å². The van der Waals surface area contributed by atoms with Gasteiger partial charge >= 0.3 is 18.3 Å². The Hall–Kier alpha value is -6.68. The standard InChI is InChI=1S/C41H26ClF7N4O5/c1-56-27-6-2-4-21(10-27)23-13-31(43)36(32(44)14-23)53-38-30(17-26(42)19-51-38)40(55)57-39(54)29-12-25(20-8-9-20)18-50-37(29)52-35-33(45)15-24(16-34(35)46)22-5-3-7-28(11-22)58-41(47,48)49/h2-7,10-20H,8-9H2,1H3,(H,50,52)(H,51,53). The average molecular weight is 823 g/mol. The van der Waals surface area contributed by atoms with Gasteiger partial charge in [0.15, 0.2) is 0 Å². The second-order valence-corrected chi connectivity index (χ2v) is 13.3. The number of hydrogen-bond donors (Lipinski definition) is 2. The first kappa shape index (κ1) is 39.6. The maximum absolute atomic E-state index is 15.5. The van der Waals surface area contributed by atoms with Crippen molar-refractivity contribution < 1.29 is 54.5 Å². The van der Waals surface area contributed by atoms with Gasteiger partial charge < -0.3 is 24.8 Å². The number of carbonyl (C=O) groups is 2. The number of alkyl halides is 3. The molecule has 1 aliphatic carbocycles. The third kappa shape index (κ3) is 8.97. The highest BCUT2D eigenvalue weighted by atomic mass is 35.5. The molecule has 296 valence electrons. The molecular weight excluding hydrogens is 797 g/mol. The van der Waals surface area contributed by atoms with Crippen molar-refractivity contribution in [2.45, 2.75) is 25.1 Å². The topological polar surface area (TPSA) is 112 Å². The number of pyridine rings is 2. The highest BCUT2D eigenvalue weighted by Gasteiger charge is 2.32. The zero-order valence-corrected chi connectivity index (χ0v) is 30.4. The van der Waals surface area contributed by atoms with Crippen LogP contribution in [0.5, 0.6) is 11.5 Å². The van der Waals surface area contributed by atoms with Crippen LogP contribution < -0.4 is 20.1 Å². The molecule has 0 unspecified atom stereocenters. The summed E-state index contributed by atoms with van der Waals surface area (Å²) in [6.07, 6.45) is -1.02. The number of ether oxygens (including phenoxy) is 3. The lowest BCUT2D eigenvalue weighted by Gasteiger charge is -2.15. The van der Waals surface area contributed by atoms with E-state index in [1.54, 1.807) is 24.3 Å². The molecule has 0 spiro atoms. The van der Waals surface area contributed by atoms with Gasteiger partial charge in [0.2, 0.25) is 0 Å². The van der Waals surface area contributed by atoms with Crippen LogP contribution in [0.25, 0.3) is 22.3 Å². The number of halogens is 8. The van der Waals surface area contributed by atoms with Crippen LogP contribution in [0.2, 0.25) is 5.02 Å². The lowest BCUT2D eigenvalue weighted by Crippen LogP contribution is -2.17. The molecule has 6 aromatic rings. The third-order valence-corrected chi connectivity index (χ3v) is 9.02. The molecule has 1 fully saturated rings. The maximum Gasteiger partial charge on any atom is 0.573 e. The molecule has 1 saturated carbocycles. The van der Waals surface area contributed by atoms with Crippen LogP contribution in [-0.4, -0.2) is 35.4 Å². The van der Waals surface area contributed by atoms with Gasteiger partial charge in [0, 0.05) is 12.4 Å². The monoisotopic (exact) mass is 822 g/mol. The predicted octanol–water partition coefficient (Wildman–Crippen LogP) is 11.3. The number of methoxy groups -OCH3 is 1. The fourth-order valence-corrected chi connectivity index (χ4v) is 6.05. The van der Waals surface area contributed by atoms with Crippen LogP contribution in [0, 0.1) is 23.3 Å². The zero-order chi connectivity index (χ0) is 41.3. The molecular formula is C41H26ClF7N4O5. The fourth-order valence-electron chi connectivity index (χ4n) is 5.90. The van der Waals surface area contributed by atoms with Crippen LogP contribution in [0.1, 0.15) is 45.0 Å². The molecule has 0 saturated heterocycles. The minimum Gasteiger partial charge on any atom is -0.497 e. The van der Waals surface area contributed by atoms with E-state index < -0.39 is 81.5 Å². The molecule has 2 heterocycles. The Morgan fingerprint density at radius 1 is 0.672 bits per heavy atom.